The Bertz CT molecular complexity index is 2020. The molecule has 3 aliphatic rings. The van der Waals surface area contributed by atoms with Gasteiger partial charge in [-0.25, -0.2) is 9.97 Å². The van der Waals surface area contributed by atoms with E-state index in [4.69, 9.17) is 14.7 Å². The number of allylic oxidation sites excluding steroid dienone is 3. The zero-order valence-corrected chi connectivity index (χ0v) is 27.8. The molecular formula is C34H37BF2N6O3S. The van der Waals surface area contributed by atoms with Crippen molar-refractivity contribution in [2.24, 2.45) is 0 Å². The second-order valence-corrected chi connectivity index (χ2v) is 13.6. The summed E-state index contributed by atoms with van der Waals surface area (Å²) in [5.74, 6) is 1.42. The Morgan fingerprint density at radius 2 is 1.89 bits per heavy atom. The summed E-state index contributed by atoms with van der Waals surface area (Å²) in [4.78, 5) is 26.2. The Kier molecular flexibility index (Phi) is 8.00. The number of hydrogen-bond donors (Lipinski definition) is 2. The van der Waals surface area contributed by atoms with Gasteiger partial charge in [0.1, 0.15) is 11.5 Å². The molecule has 1 amide bonds. The van der Waals surface area contributed by atoms with Crippen molar-refractivity contribution < 1.29 is 27.8 Å². The van der Waals surface area contributed by atoms with E-state index < -0.39 is 6.97 Å². The number of hydrogen-bond acceptors (Lipinski definition) is 7. The lowest BCUT2D eigenvalue weighted by molar-refractivity contribution is -0.363. The first-order valence-electron chi connectivity index (χ1n) is 16.0. The van der Waals surface area contributed by atoms with Gasteiger partial charge < -0.3 is 37.7 Å². The number of nitrogens with one attached hydrogen (secondary N) is 1. The number of amides is 1. The van der Waals surface area contributed by atoms with E-state index in [1.807, 2.05) is 26.0 Å². The maximum absolute atomic E-state index is 15.8. The molecule has 2 N–H and O–H groups in total. The van der Waals surface area contributed by atoms with Gasteiger partial charge in [-0.2, -0.15) is 0 Å². The fourth-order valence-corrected chi connectivity index (χ4v) is 8.28. The number of rotatable bonds is 8. The highest BCUT2D eigenvalue weighted by molar-refractivity contribution is 7.19. The summed E-state index contributed by atoms with van der Waals surface area (Å²) in [7, 11) is 0. The van der Waals surface area contributed by atoms with Gasteiger partial charge in [-0.05, 0) is 69.1 Å². The third-order valence-corrected chi connectivity index (χ3v) is 10.3. The molecule has 0 spiro atoms. The average Bonchev–Trinajstić information content (AvgIpc) is 3.69. The highest BCUT2D eigenvalue weighted by atomic mass is 32.1. The van der Waals surface area contributed by atoms with Crippen LogP contribution in [0.15, 0.2) is 53.7 Å². The van der Waals surface area contributed by atoms with Crippen molar-refractivity contribution in [3.8, 4) is 17.1 Å². The van der Waals surface area contributed by atoms with E-state index in [0.29, 0.717) is 61.2 Å². The number of fused-ring (bicyclic) bond motifs is 3. The highest BCUT2D eigenvalue weighted by Gasteiger charge is 2.54. The van der Waals surface area contributed by atoms with Crippen molar-refractivity contribution in [3.63, 3.8) is 0 Å². The van der Waals surface area contributed by atoms with Gasteiger partial charge in [0.2, 0.25) is 5.91 Å². The van der Waals surface area contributed by atoms with Crippen LogP contribution in [0.4, 0.5) is 14.4 Å². The first-order chi connectivity index (χ1) is 22.5. The third kappa shape index (κ3) is 5.55. The SMILES string of the molecule is CC1=CC(C)=[N+]2C1=C(CCC(=O)NCCc1cc3nc(-c4cccc(O)c4)nc(N4CCOCC4)c3s1)c1c(C)cc(C)n1[B-]2(F)F. The lowest BCUT2D eigenvalue weighted by Gasteiger charge is -2.34. The molecule has 0 bridgehead atoms. The van der Waals surface area contributed by atoms with Crippen molar-refractivity contribution in [2.45, 2.75) is 47.0 Å². The molecule has 3 aliphatic heterocycles. The summed E-state index contributed by atoms with van der Waals surface area (Å²) in [6.45, 7) is 6.24. The van der Waals surface area contributed by atoms with Gasteiger partial charge in [-0.15, -0.1) is 11.3 Å². The maximum Gasteiger partial charge on any atom is 0.737 e. The van der Waals surface area contributed by atoms with Crippen LogP contribution in [0.25, 0.3) is 27.2 Å². The normalized spacial score (nSPS) is 17.3. The fourth-order valence-electron chi connectivity index (χ4n) is 7.17. The molecule has 0 radical (unpaired) electrons. The number of anilines is 1. The minimum atomic E-state index is -4.03. The molecule has 6 heterocycles. The molecule has 1 fully saturated rings. The first kappa shape index (κ1) is 31.3. The Morgan fingerprint density at radius 3 is 2.66 bits per heavy atom. The number of aromatic hydroxyl groups is 1. The molecule has 0 unspecified atom stereocenters. The zero-order valence-electron chi connectivity index (χ0n) is 26.9. The highest BCUT2D eigenvalue weighted by Crippen LogP contribution is 2.43. The van der Waals surface area contributed by atoms with Gasteiger partial charge in [0.25, 0.3) is 0 Å². The molecule has 0 saturated carbocycles. The number of carbonyl (C=O) groups is 1. The number of halogens is 2. The van der Waals surface area contributed by atoms with Gasteiger partial charge in [0, 0.05) is 66.3 Å². The van der Waals surface area contributed by atoms with E-state index in [1.54, 1.807) is 55.5 Å². The topological polar surface area (TPSA) is 95.5 Å². The zero-order chi connectivity index (χ0) is 33.0. The Labute approximate surface area is 276 Å². The van der Waals surface area contributed by atoms with Crippen LogP contribution in [0, 0.1) is 13.8 Å². The van der Waals surface area contributed by atoms with Crippen molar-refractivity contribution in [1.29, 1.82) is 0 Å². The summed E-state index contributed by atoms with van der Waals surface area (Å²) in [6.07, 6.45) is 2.96. The number of benzene rings is 1. The minimum Gasteiger partial charge on any atom is -0.508 e. The number of morpholine rings is 1. The summed E-state index contributed by atoms with van der Waals surface area (Å²) in [5.41, 5.74) is 6.01. The van der Waals surface area contributed by atoms with Gasteiger partial charge in [0.05, 0.1) is 23.4 Å². The Hall–Kier alpha value is -4.36. The van der Waals surface area contributed by atoms with E-state index in [0.717, 1.165) is 56.3 Å². The number of nitrogens with zero attached hydrogens (tertiary/aromatic N) is 5. The minimum absolute atomic E-state index is 0.124. The molecule has 244 valence electrons. The van der Waals surface area contributed by atoms with Crippen LogP contribution in [0.5, 0.6) is 5.75 Å². The van der Waals surface area contributed by atoms with Crippen molar-refractivity contribution in [3.05, 3.63) is 75.6 Å². The molecule has 1 aromatic carbocycles. The smallest absolute Gasteiger partial charge is 0.508 e. The molecule has 0 aliphatic carbocycles. The van der Waals surface area contributed by atoms with E-state index in [9.17, 15) is 9.90 Å². The molecule has 7 rings (SSSR count). The van der Waals surface area contributed by atoms with Crippen molar-refractivity contribution in [1.82, 2.24) is 19.8 Å². The number of aryl methyl sites for hydroxylation is 2. The van der Waals surface area contributed by atoms with E-state index >= 15 is 8.63 Å². The van der Waals surface area contributed by atoms with Crippen LogP contribution < -0.4 is 10.2 Å². The molecule has 47 heavy (non-hydrogen) atoms. The lowest BCUT2D eigenvalue weighted by atomic mass is 9.84. The molecule has 0 atom stereocenters. The van der Waals surface area contributed by atoms with Crippen molar-refractivity contribution >= 4 is 51.5 Å². The van der Waals surface area contributed by atoms with E-state index in [-0.39, 0.29) is 18.1 Å². The third-order valence-electron chi connectivity index (χ3n) is 9.15. The predicted octanol–water partition coefficient (Wildman–Crippen LogP) is 5.84. The molecule has 13 heteroatoms. The predicted molar refractivity (Wildman–Crippen MR) is 182 cm³/mol. The number of aromatic nitrogens is 3. The number of phenols is 1. The Morgan fingerprint density at radius 1 is 1.11 bits per heavy atom. The largest absolute Gasteiger partial charge is 0.737 e. The maximum atomic E-state index is 15.8. The summed E-state index contributed by atoms with van der Waals surface area (Å²) >= 11 is 1.62. The van der Waals surface area contributed by atoms with Crippen LogP contribution in [0.1, 0.15) is 48.5 Å². The second kappa shape index (κ2) is 12.0. The van der Waals surface area contributed by atoms with Gasteiger partial charge in [-0.3, -0.25) is 4.79 Å². The van der Waals surface area contributed by atoms with E-state index in [2.05, 4.69) is 10.2 Å². The molecule has 4 aromatic rings. The van der Waals surface area contributed by atoms with Crippen LogP contribution >= 0.6 is 11.3 Å². The Balaban J connectivity index is 1.08. The van der Waals surface area contributed by atoms with Gasteiger partial charge in [-0.1, -0.05) is 12.1 Å². The molecule has 3 aromatic heterocycles. The van der Waals surface area contributed by atoms with Crippen LogP contribution in [0.2, 0.25) is 0 Å². The number of phenolic OH excluding ortho intramolecular Hbond substituents is 1. The molecule has 1 saturated heterocycles. The quantitative estimate of drug-likeness (QED) is 0.231. The lowest BCUT2D eigenvalue weighted by Crippen LogP contribution is -2.51. The molecule has 9 nitrogen and oxygen atoms in total. The molecular weight excluding hydrogens is 621 g/mol. The fraction of sp³-hybridized carbons (Fsp3) is 0.353. The summed E-state index contributed by atoms with van der Waals surface area (Å²) < 4.78 is 40.6. The van der Waals surface area contributed by atoms with Gasteiger partial charge in [0.15, 0.2) is 17.3 Å². The second-order valence-electron chi connectivity index (χ2n) is 12.5. The van der Waals surface area contributed by atoms with Crippen LogP contribution in [-0.2, 0) is 16.0 Å². The van der Waals surface area contributed by atoms with Gasteiger partial charge >= 0.3 is 6.97 Å². The summed E-state index contributed by atoms with van der Waals surface area (Å²) in [5, 5.41) is 13.1. The average molecular weight is 659 g/mol. The standard InChI is InChI=1S/C34H37BF2N6O3S/c1-20-16-22(3)42-30(20)27(31-21(2)17-23(4)43(31)35(42,36)37)8-9-29(45)38-11-10-26-19-28-32(47-26)34(41-12-14-46-15-13-41)40-33(39-28)24-6-5-7-25(44)18-24/h5-7,16-19,44H,8-15H2,1-4H3,(H,38,45). The summed E-state index contributed by atoms with van der Waals surface area (Å²) in [6, 6.07) is 10.8. The van der Waals surface area contributed by atoms with E-state index in [1.165, 1.54) is 8.96 Å². The number of carbonyl (C=O) groups excluding carboxylic acids is 1. The monoisotopic (exact) mass is 658 g/mol. The number of ether oxygens (including phenoxy) is 1. The van der Waals surface area contributed by atoms with Crippen LogP contribution in [-0.4, -0.2) is 75.5 Å². The van der Waals surface area contributed by atoms with Crippen molar-refractivity contribution in [2.75, 3.05) is 37.7 Å². The van der Waals surface area contributed by atoms with Crippen LogP contribution in [0.3, 0.4) is 0 Å². The number of thiophene rings is 1. The first-order valence-corrected chi connectivity index (χ1v) is 16.8.